The summed E-state index contributed by atoms with van der Waals surface area (Å²) in [5, 5.41) is 6.31. The molecule has 0 aromatic heterocycles. The second-order valence-corrected chi connectivity index (χ2v) is 9.05. The van der Waals surface area contributed by atoms with E-state index in [0.717, 1.165) is 17.7 Å². The van der Waals surface area contributed by atoms with Crippen LogP contribution in [0.15, 0.2) is 29.4 Å². The number of rotatable bonds is 8. The summed E-state index contributed by atoms with van der Waals surface area (Å²) in [6, 6.07) is 6.69. The number of amides is 2. The fourth-order valence-electron chi connectivity index (χ4n) is 3.53. The standard InChI is InChI=1S/C25H34N4O4/c1-5-33-23(31)16-20(12-13-25(2,3)4)28-22(30)15-19-7-6-14-29(24(19)32)21-10-8-18(9-11-21)17-27-26/h8-11,17,19-20H,5-7,14-16,26H2,1-4H3,(H,28,30). The first-order valence-corrected chi connectivity index (χ1v) is 11.3. The van der Waals surface area contributed by atoms with Crippen LogP contribution in [0.1, 0.15) is 58.9 Å². The molecule has 0 radical (unpaired) electrons. The Hall–Kier alpha value is -3.34. The highest BCUT2D eigenvalue weighted by atomic mass is 16.5. The van der Waals surface area contributed by atoms with Crippen molar-refractivity contribution >= 4 is 29.7 Å². The van der Waals surface area contributed by atoms with Crippen molar-refractivity contribution in [3.63, 3.8) is 0 Å². The van der Waals surface area contributed by atoms with Gasteiger partial charge in [0.05, 0.1) is 19.2 Å². The molecule has 0 aliphatic carbocycles. The number of piperidine rings is 1. The van der Waals surface area contributed by atoms with E-state index >= 15 is 0 Å². The maximum absolute atomic E-state index is 13.1. The molecule has 0 saturated carbocycles. The van der Waals surface area contributed by atoms with E-state index in [9.17, 15) is 14.4 Å². The molecule has 0 spiro atoms. The van der Waals surface area contributed by atoms with Gasteiger partial charge in [0.2, 0.25) is 11.8 Å². The van der Waals surface area contributed by atoms with Crippen molar-refractivity contribution in [1.82, 2.24) is 5.32 Å². The molecule has 33 heavy (non-hydrogen) atoms. The van der Waals surface area contributed by atoms with Gasteiger partial charge in [0.25, 0.3) is 0 Å². The predicted molar refractivity (Wildman–Crippen MR) is 128 cm³/mol. The fraction of sp³-hybridized carbons (Fsp3) is 0.520. The number of hydrogen-bond acceptors (Lipinski definition) is 6. The molecular formula is C25H34N4O4. The monoisotopic (exact) mass is 454 g/mol. The first kappa shape index (κ1) is 25.9. The predicted octanol–water partition coefficient (Wildman–Crippen LogP) is 2.60. The van der Waals surface area contributed by atoms with Gasteiger partial charge in [-0.1, -0.05) is 24.0 Å². The van der Waals surface area contributed by atoms with Gasteiger partial charge in [0.1, 0.15) is 6.04 Å². The van der Waals surface area contributed by atoms with Gasteiger partial charge < -0.3 is 20.8 Å². The molecule has 2 atom stereocenters. The highest BCUT2D eigenvalue weighted by Crippen LogP contribution is 2.26. The quantitative estimate of drug-likeness (QED) is 0.206. The summed E-state index contributed by atoms with van der Waals surface area (Å²) in [7, 11) is 0. The number of hydrogen-bond donors (Lipinski definition) is 2. The molecule has 178 valence electrons. The van der Waals surface area contributed by atoms with Gasteiger partial charge in [0, 0.05) is 30.0 Å². The summed E-state index contributed by atoms with van der Waals surface area (Å²) in [4.78, 5) is 39.5. The van der Waals surface area contributed by atoms with Crippen LogP contribution in [0.4, 0.5) is 5.69 Å². The minimum Gasteiger partial charge on any atom is -0.466 e. The van der Waals surface area contributed by atoms with Crippen molar-refractivity contribution in [2.24, 2.45) is 22.3 Å². The summed E-state index contributed by atoms with van der Waals surface area (Å²) in [5.41, 5.74) is 1.34. The Kier molecular flexibility index (Phi) is 9.46. The molecule has 3 N–H and O–H groups in total. The maximum atomic E-state index is 13.1. The zero-order chi connectivity index (χ0) is 24.4. The van der Waals surface area contributed by atoms with Crippen molar-refractivity contribution in [3.8, 4) is 11.8 Å². The molecule has 1 aromatic rings. The van der Waals surface area contributed by atoms with Gasteiger partial charge in [-0.15, -0.1) is 0 Å². The smallest absolute Gasteiger partial charge is 0.308 e. The van der Waals surface area contributed by atoms with E-state index in [-0.39, 0.29) is 36.7 Å². The van der Waals surface area contributed by atoms with Gasteiger partial charge in [0.15, 0.2) is 0 Å². The summed E-state index contributed by atoms with van der Waals surface area (Å²) >= 11 is 0. The summed E-state index contributed by atoms with van der Waals surface area (Å²) < 4.78 is 5.01. The molecule has 2 amide bonds. The molecule has 1 fully saturated rings. The SMILES string of the molecule is CCOC(=O)CC(C#CC(C)(C)C)NC(=O)CC1CCCN(c2ccc(C=NN)cc2)C1=O. The van der Waals surface area contributed by atoms with Crippen LogP contribution >= 0.6 is 0 Å². The Labute approximate surface area is 195 Å². The number of hydrazone groups is 1. The molecule has 1 aliphatic heterocycles. The number of esters is 1. The number of nitrogens with zero attached hydrogens (tertiary/aromatic N) is 2. The lowest BCUT2D eigenvalue weighted by atomic mass is 9.92. The van der Waals surface area contributed by atoms with Crippen LogP contribution in [-0.2, 0) is 19.1 Å². The number of benzene rings is 1. The van der Waals surface area contributed by atoms with Gasteiger partial charge in [-0.05, 0) is 58.2 Å². The largest absolute Gasteiger partial charge is 0.466 e. The highest BCUT2D eigenvalue weighted by molar-refractivity contribution is 5.98. The van der Waals surface area contributed by atoms with Crippen molar-refractivity contribution in [3.05, 3.63) is 29.8 Å². The van der Waals surface area contributed by atoms with Crippen LogP contribution in [0, 0.1) is 23.2 Å². The number of carbonyl (C=O) groups is 3. The van der Waals surface area contributed by atoms with E-state index in [2.05, 4.69) is 22.3 Å². The molecule has 8 heteroatoms. The third-order valence-corrected chi connectivity index (χ3v) is 5.04. The van der Waals surface area contributed by atoms with Crippen LogP contribution in [0.3, 0.4) is 0 Å². The van der Waals surface area contributed by atoms with Crippen LogP contribution in [0.2, 0.25) is 0 Å². The lowest BCUT2D eigenvalue weighted by molar-refractivity contribution is -0.143. The number of ether oxygens (including phenoxy) is 1. The van der Waals surface area contributed by atoms with Crippen LogP contribution in [0.25, 0.3) is 0 Å². The molecule has 1 aromatic carbocycles. The molecule has 2 unspecified atom stereocenters. The van der Waals surface area contributed by atoms with Crippen molar-refractivity contribution in [2.75, 3.05) is 18.1 Å². The zero-order valence-electron chi connectivity index (χ0n) is 19.9. The molecule has 1 heterocycles. The lowest BCUT2D eigenvalue weighted by Crippen LogP contribution is -2.44. The second-order valence-electron chi connectivity index (χ2n) is 9.05. The summed E-state index contributed by atoms with van der Waals surface area (Å²) in [5.74, 6) is 9.98. The Morgan fingerprint density at radius 1 is 1.33 bits per heavy atom. The second kappa shape index (κ2) is 12.0. The van der Waals surface area contributed by atoms with Gasteiger partial charge in [-0.3, -0.25) is 14.4 Å². The van der Waals surface area contributed by atoms with Crippen LogP contribution in [0.5, 0.6) is 0 Å². The molecule has 0 bridgehead atoms. The minimum atomic E-state index is -0.665. The van der Waals surface area contributed by atoms with E-state index in [1.807, 2.05) is 45.0 Å². The van der Waals surface area contributed by atoms with Crippen molar-refractivity contribution in [1.29, 1.82) is 0 Å². The van der Waals surface area contributed by atoms with Gasteiger partial charge in [-0.2, -0.15) is 5.10 Å². The molecule has 1 saturated heterocycles. The molecule has 1 aliphatic rings. The Morgan fingerprint density at radius 3 is 2.64 bits per heavy atom. The minimum absolute atomic E-state index is 0.0359. The zero-order valence-corrected chi connectivity index (χ0v) is 19.9. The topological polar surface area (TPSA) is 114 Å². The third kappa shape index (κ3) is 8.60. The van der Waals surface area contributed by atoms with E-state index in [0.29, 0.717) is 13.0 Å². The van der Waals surface area contributed by atoms with Crippen LogP contribution < -0.4 is 16.1 Å². The van der Waals surface area contributed by atoms with Crippen molar-refractivity contribution < 1.29 is 19.1 Å². The van der Waals surface area contributed by atoms with E-state index in [1.54, 1.807) is 11.8 Å². The van der Waals surface area contributed by atoms with Gasteiger partial charge in [-0.25, -0.2) is 0 Å². The molecule has 2 rings (SSSR count). The van der Waals surface area contributed by atoms with E-state index in [4.69, 9.17) is 10.6 Å². The average molecular weight is 455 g/mol. The summed E-state index contributed by atoms with van der Waals surface area (Å²) in [6.45, 7) is 8.45. The maximum Gasteiger partial charge on any atom is 0.308 e. The Morgan fingerprint density at radius 2 is 2.03 bits per heavy atom. The average Bonchev–Trinajstić information content (AvgIpc) is 2.74. The number of carbonyl (C=O) groups excluding carboxylic acids is 3. The van der Waals surface area contributed by atoms with E-state index < -0.39 is 17.9 Å². The number of nitrogens with one attached hydrogen (secondary N) is 1. The third-order valence-electron chi connectivity index (χ3n) is 5.04. The van der Waals surface area contributed by atoms with Crippen molar-refractivity contribution in [2.45, 2.75) is 59.4 Å². The lowest BCUT2D eigenvalue weighted by Gasteiger charge is -2.32. The normalized spacial score (nSPS) is 17.3. The fourth-order valence-corrected chi connectivity index (χ4v) is 3.53. The summed E-state index contributed by atoms with van der Waals surface area (Å²) in [6.07, 6.45) is 2.97. The van der Waals surface area contributed by atoms with E-state index in [1.165, 1.54) is 6.21 Å². The number of nitrogens with two attached hydrogens (primary N) is 1. The first-order valence-electron chi connectivity index (χ1n) is 11.3. The molecular weight excluding hydrogens is 420 g/mol. The number of anilines is 1. The highest BCUT2D eigenvalue weighted by Gasteiger charge is 2.31. The first-order chi connectivity index (χ1) is 15.6. The molecule has 8 nitrogen and oxygen atoms in total. The Balaban J connectivity index is 2.05. The van der Waals surface area contributed by atoms with Crippen LogP contribution in [-0.4, -0.2) is 43.2 Å². The Bertz CT molecular complexity index is 922. The van der Waals surface area contributed by atoms with Gasteiger partial charge >= 0.3 is 5.97 Å².